The molecule has 0 radical (unpaired) electrons. The van der Waals surface area contributed by atoms with Gasteiger partial charge in [0.15, 0.2) is 5.01 Å². The quantitative estimate of drug-likeness (QED) is 0.476. The molecule has 7 nitrogen and oxygen atoms in total. The van der Waals surface area contributed by atoms with Gasteiger partial charge in [0.25, 0.3) is 5.91 Å². The van der Waals surface area contributed by atoms with Gasteiger partial charge in [-0.3, -0.25) is 4.79 Å². The number of carbonyl (C=O) groups is 1. The zero-order valence-corrected chi connectivity index (χ0v) is 18.6. The number of carbonyl (C=O) groups excluding carboxylic acids is 1. The van der Waals surface area contributed by atoms with Crippen molar-refractivity contribution in [3.63, 3.8) is 0 Å². The molecule has 0 unspecified atom stereocenters. The Morgan fingerprint density at radius 2 is 1.97 bits per heavy atom. The first-order valence-corrected chi connectivity index (χ1v) is 11.2. The number of aliphatic hydroxyl groups excluding tert-OH is 1. The van der Waals surface area contributed by atoms with Gasteiger partial charge >= 0.3 is 6.18 Å². The molecule has 1 saturated carbocycles. The van der Waals surface area contributed by atoms with Gasteiger partial charge in [-0.15, -0.1) is 11.3 Å². The second kappa shape index (κ2) is 9.06. The van der Waals surface area contributed by atoms with E-state index in [0.29, 0.717) is 5.69 Å². The first kappa shape index (κ1) is 23.1. The fourth-order valence-corrected chi connectivity index (χ4v) is 4.68. The third-order valence-corrected chi connectivity index (χ3v) is 6.55. The number of nitrogens with one attached hydrogen (secondary N) is 2. The van der Waals surface area contributed by atoms with Crippen LogP contribution in [0, 0.1) is 6.92 Å². The lowest BCUT2D eigenvalue weighted by atomic mass is 9.99. The molecule has 11 heteroatoms. The van der Waals surface area contributed by atoms with Crippen LogP contribution in [-0.2, 0) is 6.18 Å². The van der Waals surface area contributed by atoms with Crippen LogP contribution >= 0.6 is 11.3 Å². The Morgan fingerprint density at radius 3 is 2.67 bits per heavy atom. The van der Waals surface area contributed by atoms with Crippen LogP contribution < -0.4 is 10.6 Å². The normalized spacial score (nSPS) is 15.4. The molecule has 3 N–H and O–H groups in total. The molecule has 0 bridgehead atoms. The van der Waals surface area contributed by atoms with E-state index in [4.69, 9.17) is 0 Å². The monoisotopic (exact) mass is 477 g/mol. The Morgan fingerprint density at radius 1 is 1.21 bits per heavy atom. The maximum atomic E-state index is 12.9. The largest absolute Gasteiger partial charge is 0.433 e. The molecule has 33 heavy (non-hydrogen) atoms. The molecule has 1 aliphatic rings. The van der Waals surface area contributed by atoms with Crippen molar-refractivity contribution in [1.29, 1.82) is 0 Å². The van der Waals surface area contributed by atoms with Crippen molar-refractivity contribution in [2.75, 3.05) is 11.9 Å². The highest BCUT2D eigenvalue weighted by atomic mass is 32.1. The number of alkyl halides is 3. The van der Waals surface area contributed by atoms with E-state index in [9.17, 15) is 23.1 Å². The number of rotatable bonds is 6. The number of hydrogen-bond acceptors (Lipinski definition) is 7. The summed E-state index contributed by atoms with van der Waals surface area (Å²) in [6.45, 7) is 1.74. The standard InChI is InChI=1S/C22H22F3N5O2S/c1-13-8-14(10-15(9-13)28-20-26-7-4-17(29-20)22(23,24)25)16-11-27-19(33-16)18(32)30-21(12-31)5-2-3-6-21/h4,7-11,31H,2-3,5-6,12H2,1H3,(H,30,32)(H,26,28,29). The summed E-state index contributed by atoms with van der Waals surface area (Å²) in [5.41, 5.74) is 0.488. The summed E-state index contributed by atoms with van der Waals surface area (Å²) < 4.78 is 38.8. The molecule has 2 aromatic heterocycles. The van der Waals surface area contributed by atoms with Crippen molar-refractivity contribution in [3.8, 4) is 10.4 Å². The number of hydrogen-bond donors (Lipinski definition) is 3. The third kappa shape index (κ3) is 5.31. The molecule has 1 aromatic carbocycles. The minimum atomic E-state index is -4.57. The van der Waals surface area contributed by atoms with E-state index in [1.54, 1.807) is 18.3 Å². The van der Waals surface area contributed by atoms with Crippen LogP contribution in [0.5, 0.6) is 0 Å². The summed E-state index contributed by atoms with van der Waals surface area (Å²) >= 11 is 1.20. The molecule has 0 spiro atoms. The number of nitrogens with zero attached hydrogens (tertiary/aromatic N) is 3. The van der Waals surface area contributed by atoms with Crippen LogP contribution in [0.15, 0.2) is 36.7 Å². The Kier molecular flexibility index (Phi) is 6.35. The number of anilines is 2. The Balaban J connectivity index is 1.54. The first-order valence-electron chi connectivity index (χ1n) is 10.4. The van der Waals surface area contributed by atoms with E-state index in [1.807, 2.05) is 13.0 Å². The molecule has 1 aliphatic carbocycles. The van der Waals surface area contributed by atoms with Crippen molar-refractivity contribution >= 4 is 28.9 Å². The maximum Gasteiger partial charge on any atom is 0.433 e. The number of aliphatic hydroxyl groups is 1. The highest BCUT2D eigenvalue weighted by molar-refractivity contribution is 7.17. The Bertz CT molecular complexity index is 1160. The molecule has 0 aliphatic heterocycles. The van der Waals surface area contributed by atoms with Crippen LogP contribution in [-0.4, -0.2) is 38.1 Å². The van der Waals surface area contributed by atoms with Crippen LogP contribution in [0.2, 0.25) is 0 Å². The van der Waals surface area contributed by atoms with E-state index < -0.39 is 17.4 Å². The number of benzene rings is 1. The lowest BCUT2D eigenvalue weighted by molar-refractivity contribution is -0.141. The maximum absolute atomic E-state index is 12.9. The van der Waals surface area contributed by atoms with Gasteiger partial charge < -0.3 is 15.7 Å². The lowest BCUT2D eigenvalue weighted by Gasteiger charge is -2.27. The third-order valence-electron chi connectivity index (χ3n) is 5.51. The minimum absolute atomic E-state index is 0.110. The SMILES string of the molecule is Cc1cc(Nc2nccc(C(F)(F)F)n2)cc(-c2cnc(C(=O)NC3(CO)CCCC3)s2)c1. The second-order valence-electron chi connectivity index (χ2n) is 8.11. The van der Waals surface area contributed by atoms with E-state index >= 15 is 0 Å². The highest BCUT2D eigenvalue weighted by Gasteiger charge is 2.35. The molecular formula is C22H22F3N5O2S. The first-order chi connectivity index (χ1) is 15.7. The number of aromatic nitrogens is 3. The van der Waals surface area contributed by atoms with Gasteiger partial charge in [0.05, 0.1) is 17.0 Å². The van der Waals surface area contributed by atoms with Gasteiger partial charge in [0.1, 0.15) is 5.69 Å². The molecule has 1 amide bonds. The molecule has 0 saturated heterocycles. The van der Waals surface area contributed by atoms with Crippen molar-refractivity contribution in [2.24, 2.45) is 0 Å². The van der Waals surface area contributed by atoms with Gasteiger partial charge in [-0.2, -0.15) is 13.2 Å². The molecule has 174 valence electrons. The predicted molar refractivity (Wildman–Crippen MR) is 118 cm³/mol. The van der Waals surface area contributed by atoms with E-state index in [1.165, 1.54) is 11.3 Å². The predicted octanol–water partition coefficient (Wildman–Crippen LogP) is 4.71. The Hall–Kier alpha value is -3.05. The minimum Gasteiger partial charge on any atom is -0.394 e. The van der Waals surface area contributed by atoms with Gasteiger partial charge in [-0.05, 0) is 49.1 Å². The fourth-order valence-electron chi connectivity index (χ4n) is 3.88. The van der Waals surface area contributed by atoms with Gasteiger partial charge in [-0.1, -0.05) is 18.9 Å². The van der Waals surface area contributed by atoms with Crippen molar-refractivity contribution in [3.05, 3.63) is 52.9 Å². The number of amides is 1. The van der Waals surface area contributed by atoms with Crippen LogP contribution in [0.25, 0.3) is 10.4 Å². The Labute approximate surface area is 192 Å². The number of halogens is 3. The topological polar surface area (TPSA) is 100 Å². The number of thiazole rings is 1. The molecule has 1 fully saturated rings. The summed E-state index contributed by atoms with van der Waals surface area (Å²) in [7, 11) is 0. The van der Waals surface area contributed by atoms with E-state index in [2.05, 4.69) is 25.6 Å². The summed E-state index contributed by atoms with van der Waals surface area (Å²) in [5, 5.41) is 15.8. The lowest BCUT2D eigenvalue weighted by Crippen LogP contribution is -2.49. The van der Waals surface area contributed by atoms with Crippen LogP contribution in [0.4, 0.5) is 24.8 Å². The van der Waals surface area contributed by atoms with E-state index in [-0.39, 0.29) is 23.5 Å². The fraction of sp³-hybridized carbons (Fsp3) is 0.364. The zero-order chi connectivity index (χ0) is 23.6. The smallest absolute Gasteiger partial charge is 0.394 e. The summed E-state index contributed by atoms with van der Waals surface area (Å²) in [4.78, 5) is 25.1. The average Bonchev–Trinajstić information content (AvgIpc) is 3.43. The van der Waals surface area contributed by atoms with Gasteiger partial charge in [-0.25, -0.2) is 15.0 Å². The highest BCUT2D eigenvalue weighted by Crippen LogP contribution is 2.33. The van der Waals surface area contributed by atoms with Gasteiger partial charge in [0, 0.05) is 18.1 Å². The summed E-state index contributed by atoms with van der Waals surface area (Å²) in [5.74, 6) is -0.498. The molecule has 2 heterocycles. The van der Waals surface area contributed by atoms with Gasteiger partial charge in [0.2, 0.25) is 5.95 Å². The number of aryl methyl sites for hydroxylation is 1. The second-order valence-corrected chi connectivity index (χ2v) is 9.14. The van der Waals surface area contributed by atoms with Crippen LogP contribution in [0.1, 0.15) is 46.7 Å². The average molecular weight is 478 g/mol. The molecular weight excluding hydrogens is 455 g/mol. The van der Waals surface area contributed by atoms with Crippen molar-refractivity contribution < 1.29 is 23.1 Å². The molecule has 0 atom stereocenters. The molecule has 4 rings (SSSR count). The van der Waals surface area contributed by atoms with E-state index in [0.717, 1.165) is 54.0 Å². The summed E-state index contributed by atoms with van der Waals surface area (Å²) in [6.07, 6.45) is 1.45. The summed E-state index contributed by atoms with van der Waals surface area (Å²) in [6, 6.07) is 6.19. The zero-order valence-electron chi connectivity index (χ0n) is 17.7. The van der Waals surface area contributed by atoms with Crippen LogP contribution in [0.3, 0.4) is 0 Å². The van der Waals surface area contributed by atoms with Crippen molar-refractivity contribution in [1.82, 2.24) is 20.3 Å². The molecule has 3 aromatic rings. The van der Waals surface area contributed by atoms with Crippen molar-refractivity contribution in [2.45, 2.75) is 44.3 Å².